The molecule has 1 heterocycles. The van der Waals surface area contributed by atoms with Gasteiger partial charge < -0.3 is 0 Å². The van der Waals surface area contributed by atoms with Crippen LogP contribution < -0.4 is 10.4 Å². The Morgan fingerprint density at radius 1 is 1.80 bits per heavy atom. The van der Waals surface area contributed by atoms with Gasteiger partial charge in [0.25, 0.3) is 0 Å². The Morgan fingerprint density at radius 2 is 2.40 bits per heavy atom. The molecule has 0 radical (unpaired) electrons. The molecule has 0 aliphatic heterocycles. The third-order valence-electron chi connectivity index (χ3n) is 0.792. The molecule has 0 unspecified atom stereocenters. The summed E-state index contributed by atoms with van der Waals surface area (Å²) in [6, 6.07) is 0. The minimum Gasteiger partial charge on any atom is -0.230 e. The summed E-state index contributed by atoms with van der Waals surface area (Å²) in [6.45, 7) is 1.95. The van der Waals surface area contributed by atoms with Gasteiger partial charge in [0.15, 0.2) is 0 Å². The molecule has 6 heteroatoms. The van der Waals surface area contributed by atoms with E-state index < -0.39 is 0 Å². The number of nitrogens with two attached hydrogens (primary N) is 1. The number of hydrogen-bond donors (Lipinski definition) is 1. The molecule has 0 spiro atoms. The zero-order valence-corrected chi connectivity index (χ0v) is 7.63. The van der Waals surface area contributed by atoms with Gasteiger partial charge >= 0.3 is 0 Å². The van der Waals surface area contributed by atoms with E-state index in [1.165, 1.54) is 11.3 Å². The van der Waals surface area contributed by atoms with Crippen molar-refractivity contribution >= 4 is 40.7 Å². The van der Waals surface area contributed by atoms with E-state index in [2.05, 4.69) is 4.98 Å². The van der Waals surface area contributed by atoms with Gasteiger partial charge in [0.05, 0.1) is 0 Å². The molecule has 0 aromatic carbocycles. The highest BCUT2D eigenvalue weighted by Crippen LogP contribution is 2.19. The Labute approximate surface area is 74.3 Å². The van der Waals surface area contributed by atoms with Crippen molar-refractivity contribution in [1.29, 1.82) is 0 Å². The van der Waals surface area contributed by atoms with E-state index in [9.17, 15) is 0 Å². The minimum absolute atomic E-state index is 0. The highest BCUT2D eigenvalue weighted by atomic mass is 35.5. The third kappa shape index (κ3) is 2.30. The third-order valence-corrected chi connectivity index (χ3v) is 1.96. The van der Waals surface area contributed by atoms with E-state index in [1.807, 2.05) is 6.92 Å². The van der Waals surface area contributed by atoms with Crippen molar-refractivity contribution in [2.24, 2.45) is 5.84 Å². The summed E-state index contributed by atoms with van der Waals surface area (Å²) in [5.74, 6) is 5.17. The largest absolute Gasteiger partial charge is 0.230 e. The molecule has 0 saturated heterocycles. The molecular formula is C4H7Cl2N3S. The first-order valence-corrected chi connectivity index (χ1v) is 3.48. The summed E-state index contributed by atoms with van der Waals surface area (Å²) in [5, 5.41) is 0.620. The van der Waals surface area contributed by atoms with Gasteiger partial charge in [0, 0.05) is 22.9 Å². The number of halogens is 2. The lowest BCUT2D eigenvalue weighted by Crippen LogP contribution is -2.17. The lowest BCUT2D eigenvalue weighted by Gasteiger charge is -1.99. The van der Waals surface area contributed by atoms with E-state index in [-0.39, 0.29) is 12.4 Å². The second-order valence-electron chi connectivity index (χ2n) is 1.56. The zero-order valence-electron chi connectivity index (χ0n) is 5.24. The smallest absolute Gasteiger partial charge is 0.215 e. The lowest BCUT2D eigenvalue weighted by molar-refractivity contribution is 1.16. The Morgan fingerprint density at radius 3 is 2.60 bits per heavy atom. The molecular weight excluding hydrogens is 193 g/mol. The van der Waals surface area contributed by atoms with Crippen molar-refractivity contribution in [1.82, 2.24) is 4.98 Å². The molecule has 0 saturated carbocycles. The number of aromatic nitrogens is 1. The molecule has 10 heavy (non-hydrogen) atoms. The van der Waals surface area contributed by atoms with Crippen LogP contribution in [0.25, 0.3) is 0 Å². The lowest BCUT2D eigenvalue weighted by atomic mass is 10.7. The van der Waals surface area contributed by atoms with Crippen LogP contribution in [0.15, 0.2) is 6.20 Å². The van der Waals surface area contributed by atoms with Crippen molar-refractivity contribution < 1.29 is 0 Å². The molecule has 0 aliphatic carbocycles. The maximum atomic E-state index is 5.38. The second kappa shape index (κ2) is 3.98. The molecule has 0 bridgehead atoms. The van der Waals surface area contributed by atoms with Crippen LogP contribution >= 0.6 is 35.5 Å². The summed E-state index contributed by atoms with van der Waals surface area (Å²) in [7, 11) is 0. The van der Waals surface area contributed by atoms with Gasteiger partial charge in [-0.2, -0.15) is 4.53 Å². The van der Waals surface area contributed by atoms with Gasteiger partial charge in [0.1, 0.15) is 0 Å². The Bertz CT molecular complexity index is 200. The first kappa shape index (κ1) is 9.97. The normalized spacial score (nSPS) is 8.70. The van der Waals surface area contributed by atoms with E-state index in [4.69, 9.17) is 17.6 Å². The van der Waals surface area contributed by atoms with Gasteiger partial charge in [-0.25, -0.2) is 10.8 Å². The second-order valence-corrected chi connectivity index (χ2v) is 3.14. The number of hydrogen-bond acceptors (Lipinski definition) is 4. The van der Waals surface area contributed by atoms with Crippen LogP contribution in [0.4, 0.5) is 5.13 Å². The minimum atomic E-state index is 0. The maximum absolute atomic E-state index is 5.38. The monoisotopic (exact) mass is 199 g/mol. The number of hydrazine groups is 1. The van der Waals surface area contributed by atoms with Gasteiger partial charge in [-0.3, -0.25) is 0 Å². The van der Waals surface area contributed by atoms with Gasteiger partial charge in [-0.1, -0.05) is 11.3 Å². The topological polar surface area (TPSA) is 42.2 Å². The number of nitrogens with zero attached hydrogens (tertiary/aromatic N) is 2. The number of aryl methyl sites for hydroxylation is 1. The molecule has 2 N–H and O–H groups in total. The molecule has 1 aromatic rings. The van der Waals surface area contributed by atoms with Crippen LogP contribution in [0.1, 0.15) is 4.88 Å². The Kier molecular flexibility index (Phi) is 3.96. The molecule has 1 aromatic heterocycles. The first-order chi connectivity index (χ1) is 4.20. The van der Waals surface area contributed by atoms with Crippen molar-refractivity contribution in [3.8, 4) is 0 Å². The zero-order chi connectivity index (χ0) is 6.85. The van der Waals surface area contributed by atoms with Crippen LogP contribution in [0, 0.1) is 6.92 Å². The summed E-state index contributed by atoms with van der Waals surface area (Å²) < 4.78 is 0.984. The van der Waals surface area contributed by atoms with E-state index in [0.29, 0.717) is 5.13 Å². The molecule has 58 valence electrons. The van der Waals surface area contributed by atoms with Crippen molar-refractivity contribution in [3.63, 3.8) is 0 Å². The van der Waals surface area contributed by atoms with Crippen LogP contribution in [-0.2, 0) is 0 Å². The number of anilines is 1. The van der Waals surface area contributed by atoms with Crippen LogP contribution in [0.5, 0.6) is 0 Å². The quantitative estimate of drug-likeness (QED) is 0.426. The Hall–Kier alpha value is -0.0300. The number of rotatable bonds is 1. The molecule has 0 fully saturated rings. The standard InChI is InChI=1S/C4H6ClN3S.ClH/c1-3-2-7-4(9-3)8(5)6;/h2H,6H2,1H3;1H. The first-order valence-electron chi connectivity index (χ1n) is 2.33. The molecule has 0 atom stereocenters. The summed E-state index contributed by atoms with van der Waals surface area (Å²) in [4.78, 5) is 5.00. The number of thiazole rings is 1. The molecule has 0 amide bonds. The van der Waals surface area contributed by atoms with Gasteiger partial charge in [-0.05, 0) is 6.92 Å². The molecule has 0 aliphatic rings. The van der Waals surface area contributed by atoms with E-state index >= 15 is 0 Å². The highest BCUT2D eigenvalue weighted by molar-refractivity contribution is 7.15. The predicted octanol–water partition coefficient (Wildman–Crippen LogP) is 1.71. The summed E-state index contributed by atoms with van der Waals surface area (Å²) in [6.07, 6.45) is 1.72. The maximum Gasteiger partial charge on any atom is 0.215 e. The van der Waals surface area contributed by atoms with Gasteiger partial charge in [-0.15, -0.1) is 12.4 Å². The van der Waals surface area contributed by atoms with Crippen LogP contribution in [-0.4, -0.2) is 4.98 Å². The van der Waals surface area contributed by atoms with Crippen molar-refractivity contribution in [2.45, 2.75) is 6.92 Å². The van der Waals surface area contributed by atoms with Crippen molar-refractivity contribution in [3.05, 3.63) is 11.1 Å². The predicted molar refractivity (Wildman–Crippen MR) is 46.6 cm³/mol. The van der Waals surface area contributed by atoms with Crippen LogP contribution in [0.3, 0.4) is 0 Å². The fourth-order valence-corrected chi connectivity index (χ4v) is 1.17. The van der Waals surface area contributed by atoms with Crippen LogP contribution in [0.2, 0.25) is 0 Å². The van der Waals surface area contributed by atoms with E-state index in [1.54, 1.807) is 6.20 Å². The highest BCUT2D eigenvalue weighted by Gasteiger charge is 2.00. The van der Waals surface area contributed by atoms with Gasteiger partial charge in [0.2, 0.25) is 5.13 Å². The molecule has 1 rings (SSSR count). The molecule has 3 nitrogen and oxygen atoms in total. The average molecular weight is 200 g/mol. The fourth-order valence-electron chi connectivity index (χ4n) is 0.442. The van der Waals surface area contributed by atoms with E-state index in [0.717, 1.165) is 9.41 Å². The summed E-state index contributed by atoms with van der Waals surface area (Å²) in [5.41, 5.74) is 0. The Balaban J connectivity index is 0.000000810. The average Bonchev–Trinajstić information content (AvgIpc) is 2.14. The summed E-state index contributed by atoms with van der Waals surface area (Å²) >= 11 is 6.83. The fraction of sp³-hybridized carbons (Fsp3) is 0.250. The SMILES string of the molecule is Cc1cnc(N(N)Cl)s1.Cl. The van der Waals surface area contributed by atoms with Crippen molar-refractivity contribution in [2.75, 3.05) is 4.53 Å².